The van der Waals surface area contributed by atoms with Gasteiger partial charge in [0, 0.05) is 6.04 Å². The summed E-state index contributed by atoms with van der Waals surface area (Å²) < 4.78 is 0. The number of ketones is 1. The van der Waals surface area contributed by atoms with E-state index in [9.17, 15) is 4.79 Å². The van der Waals surface area contributed by atoms with E-state index in [0.717, 1.165) is 6.54 Å². The lowest BCUT2D eigenvalue weighted by molar-refractivity contribution is -0.118. The molecule has 1 fully saturated rings. The Bertz CT molecular complexity index is 133. The molecule has 0 spiro atoms. The maximum atomic E-state index is 10.7. The van der Waals surface area contributed by atoms with Crippen molar-refractivity contribution in [2.24, 2.45) is 0 Å². The van der Waals surface area contributed by atoms with Crippen molar-refractivity contribution >= 4 is 5.78 Å². The Morgan fingerprint density at radius 3 is 2.80 bits per heavy atom. The summed E-state index contributed by atoms with van der Waals surface area (Å²) in [5.41, 5.74) is 0. The summed E-state index contributed by atoms with van der Waals surface area (Å²) >= 11 is 0. The molecular formula is C8H15NO. The first-order valence-electron chi connectivity index (χ1n) is 3.93. The van der Waals surface area contributed by atoms with E-state index >= 15 is 0 Å². The lowest BCUT2D eigenvalue weighted by atomic mass is 10.2. The van der Waals surface area contributed by atoms with Gasteiger partial charge < -0.3 is 0 Å². The standard InChI is InChI=1S/C8H15NO/c1-7-4-3-5-9(7)6-8(2)10/h7H,3-6H2,1-2H3/t7-/m1/s1. The molecule has 1 heterocycles. The van der Waals surface area contributed by atoms with E-state index in [0.29, 0.717) is 12.6 Å². The second-order valence-corrected chi connectivity index (χ2v) is 3.16. The monoisotopic (exact) mass is 141 g/mol. The van der Waals surface area contributed by atoms with Crippen LogP contribution in [0, 0.1) is 0 Å². The highest BCUT2D eigenvalue weighted by atomic mass is 16.1. The van der Waals surface area contributed by atoms with Gasteiger partial charge in [-0.3, -0.25) is 9.69 Å². The van der Waals surface area contributed by atoms with E-state index in [1.165, 1.54) is 12.8 Å². The number of hydrogen-bond acceptors (Lipinski definition) is 2. The first kappa shape index (κ1) is 7.73. The van der Waals surface area contributed by atoms with Crippen molar-refractivity contribution < 1.29 is 4.79 Å². The Labute approximate surface area is 62.2 Å². The third-order valence-electron chi connectivity index (χ3n) is 2.12. The summed E-state index contributed by atoms with van der Waals surface area (Å²) in [7, 11) is 0. The molecular weight excluding hydrogens is 126 g/mol. The second kappa shape index (κ2) is 3.15. The van der Waals surface area contributed by atoms with Crippen molar-refractivity contribution in [3.05, 3.63) is 0 Å². The van der Waals surface area contributed by atoms with Gasteiger partial charge in [0.2, 0.25) is 0 Å². The van der Waals surface area contributed by atoms with E-state index in [1.807, 2.05) is 0 Å². The SMILES string of the molecule is CC(=O)CN1CCC[C@H]1C. The lowest BCUT2D eigenvalue weighted by Crippen LogP contribution is -2.31. The summed E-state index contributed by atoms with van der Waals surface area (Å²) in [5, 5.41) is 0. The van der Waals surface area contributed by atoms with E-state index in [1.54, 1.807) is 6.92 Å². The van der Waals surface area contributed by atoms with Gasteiger partial charge in [0.15, 0.2) is 0 Å². The summed E-state index contributed by atoms with van der Waals surface area (Å²) in [6.45, 7) is 5.61. The van der Waals surface area contributed by atoms with Crippen molar-refractivity contribution in [3.63, 3.8) is 0 Å². The van der Waals surface area contributed by atoms with E-state index < -0.39 is 0 Å². The Hall–Kier alpha value is -0.370. The topological polar surface area (TPSA) is 20.3 Å². The van der Waals surface area contributed by atoms with Gasteiger partial charge in [0.25, 0.3) is 0 Å². The van der Waals surface area contributed by atoms with Gasteiger partial charge in [-0.2, -0.15) is 0 Å². The number of likely N-dealkylation sites (tertiary alicyclic amines) is 1. The minimum Gasteiger partial charge on any atom is -0.299 e. The maximum Gasteiger partial charge on any atom is 0.143 e. The van der Waals surface area contributed by atoms with Gasteiger partial charge in [0.05, 0.1) is 6.54 Å². The highest BCUT2D eigenvalue weighted by molar-refractivity contribution is 5.77. The van der Waals surface area contributed by atoms with Gasteiger partial charge in [0.1, 0.15) is 5.78 Å². The molecule has 0 unspecified atom stereocenters. The van der Waals surface area contributed by atoms with Crippen LogP contribution in [0.5, 0.6) is 0 Å². The molecule has 0 N–H and O–H groups in total. The van der Waals surface area contributed by atoms with E-state index in [2.05, 4.69) is 11.8 Å². The second-order valence-electron chi connectivity index (χ2n) is 3.16. The molecule has 0 aromatic rings. The average Bonchev–Trinajstić information content (AvgIpc) is 2.15. The van der Waals surface area contributed by atoms with Crippen LogP contribution in [0.3, 0.4) is 0 Å². The van der Waals surface area contributed by atoms with Crippen LogP contribution >= 0.6 is 0 Å². The molecule has 0 radical (unpaired) electrons. The van der Waals surface area contributed by atoms with Crippen LogP contribution in [0.15, 0.2) is 0 Å². The van der Waals surface area contributed by atoms with Gasteiger partial charge >= 0.3 is 0 Å². The molecule has 1 aliphatic heterocycles. The minimum atomic E-state index is 0.286. The lowest BCUT2D eigenvalue weighted by Gasteiger charge is -2.18. The largest absolute Gasteiger partial charge is 0.299 e. The number of nitrogens with zero attached hydrogens (tertiary/aromatic N) is 1. The molecule has 2 heteroatoms. The number of carbonyl (C=O) groups is 1. The van der Waals surface area contributed by atoms with Crippen LogP contribution in [0.4, 0.5) is 0 Å². The zero-order valence-corrected chi connectivity index (χ0v) is 6.76. The van der Waals surface area contributed by atoms with Crippen LogP contribution in [0.2, 0.25) is 0 Å². The van der Waals surface area contributed by atoms with E-state index in [-0.39, 0.29) is 5.78 Å². The fourth-order valence-corrected chi connectivity index (χ4v) is 1.51. The number of Topliss-reactive ketones (excluding diaryl/α,β-unsaturated/α-hetero) is 1. The molecule has 10 heavy (non-hydrogen) atoms. The first-order chi connectivity index (χ1) is 4.70. The van der Waals surface area contributed by atoms with Gasteiger partial charge in [-0.1, -0.05) is 0 Å². The fraction of sp³-hybridized carbons (Fsp3) is 0.875. The van der Waals surface area contributed by atoms with Crippen molar-refractivity contribution in [2.75, 3.05) is 13.1 Å². The van der Waals surface area contributed by atoms with Crippen LogP contribution in [-0.2, 0) is 4.79 Å². The Balaban J connectivity index is 2.33. The summed E-state index contributed by atoms with van der Waals surface area (Å²) in [6.07, 6.45) is 2.52. The van der Waals surface area contributed by atoms with Crippen LogP contribution in [0.25, 0.3) is 0 Å². The quantitative estimate of drug-likeness (QED) is 0.573. The molecule has 1 saturated heterocycles. The fourth-order valence-electron chi connectivity index (χ4n) is 1.51. The summed E-state index contributed by atoms with van der Waals surface area (Å²) in [4.78, 5) is 13.0. The molecule has 0 saturated carbocycles. The predicted molar refractivity (Wildman–Crippen MR) is 41.0 cm³/mol. The smallest absolute Gasteiger partial charge is 0.143 e. The molecule has 1 rings (SSSR count). The van der Waals surface area contributed by atoms with Gasteiger partial charge in [-0.15, -0.1) is 0 Å². The Morgan fingerprint density at radius 2 is 2.40 bits per heavy atom. The summed E-state index contributed by atoms with van der Waals surface area (Å²) in [6, 6.07) is 0.629. The highest BCUT2D eigenvalue weighted by Crippen LogP contribution is 2.15. The molecule has 0 bridgehead atoms. The molecule has 1 aliphatic rings. The Kier molecular flexibility index (Phi) is 2.44. The van der Waals surface area contributed by atoms with Crippen molar-refractivity contribution in [2.45, 2.75) is 32.7 Å². The van der Waals surface area contributed by atoms with Crippen LogP contribution < -0.4 is 0 Å². The Morgan fingerprint density at radius 1 is 1.70 bits per heavy atom. The van der Waals surface area contributed by atoms with Gasteiger partial charge in [-0.25, -0.2) is 0 Å². The van der Waals surface area contributed by atoms with Crippen LogP contribution in [0.1, 0.15) is 26.7 Å². The summed E-state index contributed by atoms with van der Waals surface area (Å²) in [5.74, 6) is 0.286. The molecule has 0 amide bonds. The average molecular weight is 141 g/mol. The van der Waals surface area contributed by atoms with Crippen molar-refractivity contribution in [1.29, 1.82) is 0 Å². The van der Waals surface area contributed by atoms with E-state index in [4.69, 9.17) is 0 Å². The number of carbonyl (C=O) groups excluding carboxylic acids is 1. The molecule has 2 nitrogen and oxygen atoms in total. The van der Waals surface area contributed by atoms with Gasteiger partial charge in [-0.05, 0) is 33.2 Å². The van der Waals surface area contributed by atoms with Crippen molar-refractivity contribution in [3.8, 4) is 0 Å². The molecule has 58 valence electrons. The zero-order chi connectivity index (χ0) is 7.56. The minimum absolute atomic E-state index is 0.286. The van der Waals surface area contributed by atoms with Crippen LogP contribution in [-0.4, -0.2) is 29.8 Å². The molecule has 0 aromatic heterocycles. The highest BCUT2D eigenvalue weighted by Gasteiger charge is 2.20. The van der Waals surface area contributed by atoms with Crippen molar-refractivity contribution in [1.82, 2.24) is 4.90 Å². The first-order valence-corrected chi connectivity index (χ1v) is 3.93. The number of hydrogen-bond donors (Lipinski definition) is 0. The third-order valence-corrected chi connectivity index (χ3v) is 2.12. The third kappa shape index (κ3) is 1.81. The number of rotatable bonds is 2. The predicted octanol–water partition coefficient (Wildman–Crippen LogP) is 1.06. The molecule has 1 atom stereocenters. The molecule has 0 aliphatic carbocycles. The molecule has 0 aromatic carbocycles. The normalized spacial score (nSPS) is 27.2. The zero-order valence-electron chi connectivity index (χ0n) is 6.76. The maximum absolute atomic E-state index is 10.7.